The van der Waals surface area contributed by atoms with Gasteiger partial charge in [-0.05, 0) is 48.0 Å². The predicted octanol–water partition coefficient (Wildman–Crippen LogP) is 6.62. The number of benzene rings is 2. The Hall–Kier alpha value is -5.70. The molecule has 0 unspecified atom stereocenters. The number of hydrogen-bond donors (Lipinski definition) is 3. The zero-order valence-corrected chi connectivity index (χ0v) is 20.9. The molecule has 5 aromatic heterocycles. The van der Waals surface area contributed by atoms with Crippen LogP contribution in [0.1, 0.15) is 10.4 Å². The molecule has 2 aromatic carbocycles. The first-order valence-electron chi connectivity index (χ1n) is 12.5. The van der Waals surface area contributed by atoms with E-state index in [4.69, 9.17) is 0 Å². The number of aromatic nitrogens is 6. The van der Waals surface area contributed by atoms with Crippen molar-refractivity contribution in [3.63, 3.8) is 0 Å². The fourth-order valence-electron chi connectivity index (χ4n) is 4.79. The molecule has 7 aromatic rings. The molecule has 0 fully saturated rings. The lowest BCUT2D eigenvalue weighted by Gasteiger charge is -2.07. The van der Waals surface area contributed by atoms with Crippen LogP contribution in [0.5, 0.6) is 0 Å². The highest BCUT2D eigenvalue weighted by Crippen LogP contribution is 2.34. The van der Waals surface area contributed by atoms with Crippen LogP contribution >= 0.6 is 0 Å². The molecule has 40 heavy (non-hydrogen) atoms. The van der Waals surface area contributed by atoms with E-state index in [1.807, 2.05) is 42.5 Å². The zero-order valence-electron chi connectivity index (χ0n) is 20.9. The van der Waals surface area contributed by atoms with E-state index in [9.17, 15) is 9.18 Å². The van der Waals surface area contributed by atoms with E-state index in [2.05, 4.69) is 35.5 Å². The Morgan fingerprint density at radius 2 is 1.65 bits per heavy atom. The van der Waals surface area contributed by atoms with E-state index in [0.717, 1.165) is 44.2 Å². The Morgan fingerprint density at radius 1 is 0.775 bits per heavy atom. The summed E-state index contributed by atoms with van der Waals surface area (Å²) in [6, 6.07) is 21.2. The second-order valence-electron chi connectivity index (χ2n) is 9.31. The van der Waals surface area contributed by atoms with Gasteiger partial charge in [0.1, 0.15) is 11.5 Å². The summed E-state index contributed by atoms with van der Waals surface area (Å²) in [5, 5.41) is 12.3. The first kappa shape index (κ1) is 23.4. The number of anilines is 1. The first-order valence-corrected chi connectivity index (χ1v) is 12.5. The molecule has 0 aliphatic heterocycles. The lowest BCUT2D eigenvalue weighted by atomic mass is 10.0. The maximum Gasteiger partial charge on any atom is 0.255 e. The SMILES string of the molecule is O=C(Nc1cncc(-c2cc3c(-c4cc5c(-c6cccc(F)c6)cncc5[nH]4)n[nH]c3cn2)c1)c1ccccc1. The fourth-order valence-corrected chi connectivity index (χ4v) is 4.79. The third-order valence-corrected chi connectivity index (χ3v) is 6.71. The normalized spacial score (nSPS) is 11.2. The number of amides is 1. The molecule has 5 heterocycles. The number of rotatable bonds is 5. The molecule has 192 valence electrons. The molecule has 8 nitrogen and oxygen atoms in total. The minimum atomic E-state index is -0.304. The number of hydrogen-bond acceptors (Lipinski definition) is 5. The van der Waals surface area contributed by atoms with E-state index < -0.39 is 0 Å². The number of nitrogens with one attached hydrogen (secondary N) is 3. The quantitative estimate of drug-likeness (QED) is 0.234. The molecule has 0 radical (unpaired) electrons. The number of carbonyl (C=O) groups is 1. The Kier molecular flexibility index (Phi) is 5.59. The number of halogens is 1. The number of aromatic amines is 2. The fraction of sp³-hybridized carbons (Fsp3) is 0. The first-order chi connectivity index (χ1) is 19.6. The van der Waals surface area contributed by atoms with Crippen molar-refractivity contribution in [2.24, 2.45) is 0 Å². The molecule has 7 rings (SSSR count). The van der Waals surface area contributed by atoms with Crippen LogP contribution in [0.25, 0.3) is 55.6 Å². The summed E-state index contributed by atoms with van der Waals surface area (Å²) in [6.45, 7) is 0. The summed E-state index contributed by atoms with van der Waals surface area (Å²) in [7, 11) is 0. The van der Waals surface area contributed by atoms with Crippen LogP contribution < -0.4 is 5.32 Å². The van der Waals surface area contributed by atoms with Crippen LogP contribution in [0.2, 0.25) is 0 Å². The van der Waals surface area contributed by atoms with Crippen LogP contribution in [0, 0.1) is 5.82 Å². The van der Waals surface area contributed by atoms with Gasteiger partial charge in [0.2, 0.25) is 0 Å². The Morgan fingerprint density at radius 3 is 2.52 bits per heavy atom. The predicted molar refractivity (Wildman–Crippen MR) is 152 cm³/mol. The van der Waals surface area contributed by atoms with Gasteiger partial charge in [0.25, 0.3) is 5.91 Å². The number of carbonyl (C=O) groups excluding carboxylic acids is 1. The highest BCUT2D eigenvalue weighted by atomic mass is 19.1. The molecule has 0 atom stereocenters. The summed E-state index contributed by atoms with van der Waals surface area (Å²) in [6.07, 6.45) is 8.49. The molecule has 0 bridgehead atoms. The molecule has 1 amide bonds. The van der Waals surface area contributed by atoms with Crippen molar-refractivity contribution >= 4 is 33.4 Å². The topological polar surface area (TPSA) is 112 Å². The van der Waals surface area contributed by atoms with Crippen molar-refractivity contribution in [2.75, 3.05) is 5.32 Å². The van der Waals surface area contributed by atoms with Gasteiger partial charge in [-0.1, -0.05) is 30.3 Å². The third-order valence-electron chi connectivity index (χ3n) is 6.71. The lowest BCUT2D eigenvalue weighted by molar-refractivity contribution is 0.102. The van der Waals surface area contributed by atoms with Crippen molar-refractivity contribution in [1.29, 1.82) is 0 Å². The minimum Gasteiger partial charge on any atom is -0.352 e. The van der Waals surface area contributed by atoms with Gasteiger partial charge in [0.15, 0.2) is 0 Å². The third kappa shape index (κ3) is 4.25. The van der Waals surface area contributed by atoms with Crippen LogP contribution in [-0.2, 0) is 0 Å². The average Bonchev–Trinajstić information content (AvgIpc) is 3.61. The molecule has 3 N–H and O–H groups in total. The second kappa shape index (κ2) is 9.55. The second-order valence-corrected chi connectivity index (χ2v) is 9.31. The Balaban J connectivity index is 1.25. The molecular weight excluding hydrogens is 505 g/mol. The molecule has 9 heteroatoms. The molecule has 0 saturated heterocycles. The summed E-state index contributed by atoms with van der Waals surface area (Å²) in [5.41, 5.74) is 7.18. The highest BCUT2D eigenvalue weighted by Gasteiger charge is 2.16. The van der Waals surface area contributed by atoms with Crippen LogP contribution in [0.15, 0.2) is 104 Å². The summed E-state index contributed by atoms with van der Waals surface area (Å²) < 4.78 is 13.9. The molecule has 0 aliphatic carbocycles. The Labute approximate surface area is 227 Å². The monoisotopic (exact) mass is 525 g/mol. The lowest BCUT2D eigenvalue weighted by Crippen LogP contribution is -2.11. The molecule has 0 aliphatic rings. The van der Waals surface area contributed by atoms with Gasteiger partial charge in [-0.2, -0.15) is 5.10 Å². The highest BCUT2D eigenvalue weighted by molar-refractivity contribution is 6.04. The van der Waals surface area contributed by atoms with Crippen LogP contribution in [-0.4, -0.2) is 36.0 Å². The molecule has 0 spiro atoms. The van der Waals surface area contributed by atoms with E-state index in [1.54, 1.807) is 49.2 Å². The van der Waals surface area contributed by atoms with Crippen molar-refractivity contribution in [2.45, 2.75) is 0 Å². The summed E-state index contributed by atoms with van der Waals surface area (Å²) in [4.78, 5) is 29.3. The van der Waals surface area contributed by atoms with Gasteiger partial charge in [-0.3, -0.25) is 24.8 Å². The van der Waals surface area contributed by atoms with Gasteiger partial charge in [-0.15, -0.1) is 0 Å². The zero-order chi connectivity index (χ0) is 27.1. The standard InChI is InChI=1S/C31H20FN7O/c32-21-8-4-7-19(9-21)25-15-34-16-28-23(25)11-27(37-28)30-24-12-26(35-17-29(24)38-39-30)20-10-22(14-33-13-20)36-31(40)18-5-2-1-3-6-18/h1-17,37H,(H,36,40)(H,38,39). The van der Waals surface area contributed by atoms with Crippen molar-refractivity contribution in [3.05, 3.63) is 115 Å². The number of fused-ring (bicyclic) bond motifs is 2. The average molecular weight is 526 g/mol. The summed E-state index contributed by atoms with van der Waals surface area (Å²) in [5.74, 6) is -0.521. The number of H-pyrrole nitrogens is 2. The number of pyridine rings is 3. The maximum atomic E-state index is 13.9. The van der Waals surface area contributed by atoms with E-state index >= 15 is 0 Å². The van der Waals surface area contributed by atoms with E-state index in [1.165, 1.54) is 12.1 Å². The van der Waals surface area contributed by atoms with Crippen molar-refractivity contribution in [3.8, 4) is 33.8 Å². The Bertz CT molecular complexity index is 2030. The maximum absolute atomic E-state index is 13.9. The van der Waals surface area contributed by atoms with E-state index in [0.29, 0.717) is 22.6 Å². The largest absolute Gasteiger partial charge is 0.352 e. The molecular formula is C31H20FN7O. The van der Waals surface area contributed by atoms with Crippen molar-refractivity contribution < 1.29 is 9.18 Å². The molecule has 0 saturated carbocycles. The summed E-state index contributed by atoms with van der Waals surface area (Å²) >= 11 is 0. The minimum absolute atomic E-state index is 0.217. The van der Waals surface area contributed by atoms with Gasteiger partial charge < -0.3 is 10.3 Å². The van der Waals surface area contributed by atoms with Crippen molar-refractivity contribution in [1.82, 2.24) is 30.1 Å². The smallest absolute Gasteiger partial charge is 0.255 e. The number of nitrogens with zero attached hydrogens (tertiary/aromatic N) is 4. The van der Waals surface area contributed by atoms with Crippen LogP contribution in [0.4, 0.5) is 10.1 Å². The van der Waals surface area contributed by atoms with Gasteiger partial charge in [-0.25, -0.2) is 4.39 Å². The van der Waals surface area contributed by atoms with Crippen LogP contribution in [0.3, 0.4) is 0 Å². The van der Waals surface area contributed by atoms with Gasteiger partial charge in [0, 0.05) is 39.9 Å². The van der Waals surface area contributed by atoms with Gasteiger partial charge in [0.05, 0.1) is 46.7 Å². The van der Waals surface area contributed by atoms with E-state index in [-0.39, 0.29) is 11.7 Å². The van der Waals surface area contributed by atoms with Gasteiger partial charge >= 0.3 is 0 Å².